The van der Waals surface area contributed by atoms with E-state index in [1.54, 1.807) is 11.8 Å². The Kier molecular flexibility index (Phi) is 6.08. The van der Waals surface area contributed by atoms with Gasteiger partial charge in [-0.3, -0.25) is 4.79 Å². The second-order valence-corrected chi connectivity index (χ2v) is 5.38. The Bertz CT molecular complexity index is 349. The van der Waals surface area contributed by atoms with E-state index in [4.69, 9.17) is 0 Å². The number of nitrogens with one attached hydrogen (secondary N) is 1. The molecule has 1 N–H and O–H groups in total. The molecule has 0 radical (unpaired) electrons. The SMILES string of the molecule is Cc1ccc(NC(=O)CSCCN(C)C)cc1. The van der Waals surface area contributed by atoms with Crippen LogP contribution in [-0.4, -0.2) is 43.0 Å². The van der Waals surface area contributed by atoms with Crippen molar-refractivity contribution in [1.29, 1.82) is 0 Å². The maximum Gasteiger partial charge on any atom is 0.234 e. The van der Waals surface area contributed by atoms with Crippen molar-refractivity contribution < 1.29 is 4.79 Å². The van der Waals surface area contributed by atoms with Gasteiger partial charge in [0.1, 0.15) is 0 Å². The van der Waals surface area contributed by atoms with Crippen LogP contribution >= 0.6 is 11.8 Å². The van der Waals surface area contributed by atoms with Crippen LogP contribution in [0.1, 0.15) is 5.56 Å². The van der Waals surface area contributed by atoms with Gasteiger partial charge in [-0.05, 0) is 33.2 Å². The monoisotopic (exact) mass is 252 g/mol. The highest BCUT2D eigenvalue weighted by Gasteiger charge is 2.02. The molecule has 0 unspecified atom stereocenters. The van der Waals surface area contributed by atoms with E-state index in [1.165, 1.54) is 5.56 Å². The quantitative estimate of drug-likeness (QED) is 0.788. The van der Waals surface area contributed by atoms with Crippen molar-refractivity contribution in [1.82, 2.24) is 4.90 Å². The number of nitrogens with zero attached hydrogens (tertiary/aromatic N) is 1. The van der Waals surface area contributed by atoms with Crippen LogP contribution in [0.25, 0.3) is 0 Å². The third kappa shape index (κ3) is 6.34. The lowest BCUT2D eigenvalue weighted by Crippen LogP contribution is -2.18. The third-order valence-corrected chi connectivity index (χ3v) is 3.19. The fraction of sp³-hybridized carbons (Fsp3) is 0.462. The van der Waals surface area contributed by atoms with Crippen molar-refractivity contribution in [2.24, 2.45) is 0 Å². The molecule has 0 saturated heterocycles. The summed E-state index contributed by atoms with van der Waals surface area (Å²) in [6.07, 6.45) is 0. The summed E-state index contributed by atoms with van der Waals surface area (Å²) in [5.41, 5.74) is 2.07. The van der Waals surface area contributed by atoms with Crippen LogP contribution < -0.4 is 5.32 Å². The van der Waals surface area contributed by atoms with E-state index in [-0.39, 0.29) is 5.91 Å². The fourth-order valence-corrected chi connectivity index (χ4v) is 2.14. The number of hydrogen-bond acceptors (Lipinski definition) is 3. The molecule has 0 aromatic heterocycles. The number of amides is 1. The Hall–Kier alpha value is -1.00. The normalized spacial score (nSPS) is 10.6. The first-order chi connectivity index (χ1) is 8.08. The number of rotatable bonds is 6. The van der Waals surface area contributed by atoms with Crippen molar-refractivity contribution in [2.75, 3.05) is 37.5 Å². The number of anilines is 1. The highest BCUT2D eigenvalue weighted by Crippen LogP contribution is 2.09. The Balaban J connectivity index is 2.23. The van der Waals surface area contributed by atoms with Crippen molar-refractivity contribution in [2.45, 2.75) is 6.92 Å². The van der Waals surface area contributed by atoms with Gasteiger partial charge < -0.3 is 10.2 Å². The van der Waals surface area contributed by atoms with Crippen molar-refractivity contribution in [3.8, 4) is 0 Å². The van der Waals surface area contributed by atoms with Crippen LogP contribution in [0.5, 0.6) is 0 Å². The predicted molar refractivity (Wildman–Crippen MR) is 75.7 cm³/mol. The van der Waals surface area contributed by atoms with Crippen molar-refractivity contribution in [3.05, 3.63) is 29.8 Å². The average molecular weight is 252 g/mol. The molecule has 1 aromatic carbocycles. The molecule has 0 aliphatic rings. The van der Waals surface area contributed by atoms with Crippen molar-refractivity contribution >= 4 is 23.4 Å². The summed E-state index contributed by atoms with van der Waals surface area (Å²) in [7, 11) is 4.07. The maximum absolute atomic E-state index is 11.6. The highest BCUT2D eigenvalue weighted by atomic mass is 32.2. The van der Waals surface area contributed by atoms with Crippen LogP contribution in [0.3, 0.4) is 0 Å². The summed E-state index contributed by atoms with van der Waals surface area (Å²) in [5.74, 6) is 1.56. The standard InChI is InChI=1S/C13H20N2OS/c1-11-4-6-12(7-5-11)14-13(16)10-17-9-8-15(2)3/h4-7H,8-10H2,1-3H3,(H,14,16). The zero-order chi connectivity index (χ0) is 12.7. The summed E-state index contributed by atoms with van der Waals surface area (Å²) in [5, 5.41) is 2.88. The molecule has 0 saturated carbocycles. The van der Waals surface area contributed by atoms with E-state index in [0.717, 1.165) is 18.0 Å². The molecule has 3 nitrogen and oxygen atoms in total. The van der Waals surface area contributed by atoms with Gasteiger partial charge in [-0.25, -0.2) is 0 Å². The first-order valence-corrected chi connectivity index (χ1v) is 6.82. The van der Waals surface area contributed by atoms with Gasteiger partial charge in [-0.1, -0.05) is 17.7 Å². The number of hydrogen-bond donors (Lipinski definition) is 1. The van der Waals surface area contributed by atoms with Gasteiger partial charge in [0.15, 0.2) is 0 Å². The smallest absolute Gasteiger partial charge is 0.234 e. The summed E-state index contributed by atoms with van der Waals surface area (Å²) >= 11 is 1.66. The van der Waals surface area contributed by atoms with Gasteiger partial charge in [-0.2, -0.15) is 11.8 Å². The summed E-state index contributed by atoms with van der Waals surface area (Å²) in [4.78, 5) is 13.7. The zero-order valence-corrected chi connectivity index (χ0v) is 11.5. The molecule has 94 valence electrons. The van der Waals surface area contributed by atoms with Gasteiger partial charge in [0.2, 0.25) is 5.91 Å². The second-order valence-electron chi connectivity index (χ2n) is 4.27. The lowest BCUT2D eigenvalue weighted by atomic mass is 10.2. The summed E-state index contributed by atoms with van der Waals surface area (Å²) in [6, 6.07) is 7.85. The lowest BCUT2D eigenvalue weighted by Gasteiger charge is -2.09. The summed E-state index contributed by atoms with van der Waals surface area (Å²) < 4.78 is 0. The molecule has 0 aliphatic heterocycles. The van der Waals surface area contributed by atoms with Crippen LogP contribution in [0.4, 0.5) is 5.69 Å². The van der Waals surface area contributed by atoms with Crippen LogP contribution in [0, 0.1) is 6.92 Å². The molecule has 0 fully saturated rings. The average Bonchev–Trinajstić information content (AvgIpc) is 2.27. The molecule has 1 rings (SSSR count). The maximum atomic E-state index is 11.6. The van der Waals surface area contributed by atoms with E-state index >= 15 is 0 Å². The molecule has 0 bridgehead atoms. The van der Waals surface area contributed by atoms with Gasteiger partial charge in [0.25, 0.3) is 0 Å². The Morgan fingerprint density at radius 1 is 1.29 bits per heavy atom. The molecule has 0 heterocycles. The van der Waals surface area contributed by atoms with Crippen LogP contribution in [0.15, 0.2) is 24.3 Å². The minimum Gasteiger partial charge on any atom is -0.325 e. The largest absolute Gasteiger partial charge is 0.325 e. The van der Waals surface area contributed by atoms with Gasteiger partial charge in [-0.15, -0.1) is 0 Å². The van der Waals surface area contributed by atoms with E-state index in [2.05, 4.69) is 10.2 Å². The second kappa shape index (κ2) is 7.35. The minimum atomic E-state index is 0.0672. The third-order valence-electron chi connectivity index (χ3n) is 2.25. The van der Waals surface area contributed by atoms with Crippen molar-refractivity contribution in [3.63, 3.8) is 0 Å². The first-order valence-electron chi connectivity index (χ1n) is 5.67. The molecular formula is C13H20N2OS. The van der Waals surface area contributed by atoms with Crippen LogP contribution in [-0.2, 0) is 4.79 Å². The molecule has 0 aliphatic carbocycles. The van der Waals surface area contributed by atoms with E-state index in [1.807, 2.05) is 45.3 Å². The van der Waals surface area contributed by atoms with E-state index in [0.29, 0.717) is 5.75 Å². The minimum absolute atomic E-state index is 0.0672. The number of carbonyl (C=O) groups excluding carboxylic acids is 1. The van der Waals surface area contributed by atoms with E-state index < -0.39 is 0 Å². The fourth-order valence-electron chi connectivity index (χ4n) is 1.25. The number of benzene rings is 1. The highest BCUT2D eigenvalue weighted by molar-refractivity contribution is 7.99. The molecule has 1 amide bonds. The first kappa shape index (κ1) is 14.1. The Labute approximate surface area is 108 Å². The molecule has 0 spiro atoms. The molecule has 1 aromatic rings. The molecule has 0 atom stereocenters. The van der Waals surface area contributed by atoms with Crippen LogP contribution in [0.2, 0.25) is 0 Å². The molecular weight excluding hydrogens is 232 g/mol. The lowest BCUT2D eigenvalue weighted by molar-refractivity contribution is -0.113. The topological polar surface area (TPSA) is 32.3 Å². The Morgan fingerprint density at radius 2 is 1.94 bits per heavy atom. The van der Waals surface area contributed by atoms with Gasteiger partial charge >= 0.3 is 0 Å². The zero-order valence-electron chi connectivity index (χ0n) is 10.7. The van der Waals surface area contributed by atoms with Gasteiger partial charge in [0, 0.05) is 18.0 Å². The summed E-state index contributed by atoms with van der Waals surface area (Å²) in [6.45, 7) is 3.03. The predicted octanol–water partition coefficient (Wildman–Crippen LogP) is 2.23. The van der Waals surface area contributed by atoms with Gasteiger partial charge in [0.05, 0.1) is 5.75 Å². The van der Waals surface area contributed by atoms with E-state index in [9.17, 15) is 4.79 Å². The number of carbonyl (C=O) groups is 1. The Morgan fingerprint density at radius 3 is 2.53 bits per heavy atom. The number of aryl methyl sites for hydroxylation is 1. The number of thioether (sulfide) groups is 1. The molecule has 17 heavy (non-hydrogen) atoms. The molecule has 4 heteroatoms.